The zero-order chi connectivity index (χ0) is 31.4. The molecule has 9 nitrogen and oxygen atoms in total. The first-order valence-electron chi connectivity index (χ1n) is 13.7. The molecule has 13 heteroatoms. The van der Waals surface area contributed by atoms with Crippen molar-refractivity contribution in [3.05, 3.63) is 87.2 Å². The lowest BCUT2D eigenvalue weighted by atomic mass is 10.1. The quantitative estimate of drug-likeness (QED) is 0.139. The van der Waals surface area contributed by atoms with Gasteiger partial charge in [0, 0.05) is 33.8 Å². The second-order valence-corrected chi connectivity index (χ2v) is 14.2. The first-order valence-corrected chi connectivity index (χ1v) is 17.1. The van der Waals surface area contributed by atoms with Crippen LogP contribution in [-0.4, -0.2) is 41.7 Å². The number of hydrogen-bond donors (Lipinski definition) is 1. The maximum atomic E-state index is 13.5. The Balaban J connectivity index is 1.39. The maximum Gasteiger partial charge on any atom is 0.176 e. The molecule has 0 bridgehead atoms. The Morgan fingerprint density at radius 3 is 2.61 bits per heavy atom. The van der Waals surface area contributed by atoms with E-state index in [1.54, 1.807) is 33.1 Å². The maximum absolute atomic E-state index is 13.5. The Morgan fingerprint density at radius 2 is 1.89 bits per heavy atom. The van der Waals surface area contributed by atoms with E-state index in [0.717, 1.165) is 22.2 Å². The van der Waals surface area contributed by atoms with Crippen molar-refractivity contribution in [3.63, 3.8) is 0 Å². The van der Waals surface area contributed by atoms with Gasteiger partial charge in [-0.15, -0.1) is 11.3 Å². The number of nitrogens with zero attached hydrogens (tertiary/aromatic N) is 3. The molecule has 0 aliphatic carbocycles. The molecule has 5 rings (SSSR count). The minimum absolute atomic E-state index is 0.00216. The number of thiazole rings is 1. The molecule has 0 fully saturated rings. The van der Waals surface area contributed by atoms with Gasteiger partial charge in [-0.25, -0.2) is 27.8 Å². The highest BCUT2D eigenvalue weighted by atomic mass is 79.9. The van der Waals surface area contributed by atoms with Gasteiger partial charge >= 0.3 is 0 Å². The Labute approximate surface area is 267 Å². The van der Waals surface area contributed by atoms with Crippen molar-refractivity contribution in [2.45, 2.75) is 38.9 Å². The zero-order valence-electron chi connectivity index (χ0n) is 24.4. The molecule has 5 aromatic rings. The van der Waals surface area contributed by atoms with Crippen LogP contribution in [0.4, 0.5) is 15.9 Å². The highest BCUT2D eigenvalue weighted by Gasteiger charge is 2.24. The number of hydrogen-bond acceptors (Lipinski definition) is 10. The molecular weight excluding hydrogens is 671 g/mol. The fourth-order valence-corrected chi connectivity index (χ4v) is 6.54. The Hall–Kier alpha value is -3.65. The summed E-state index contributed by atoms with van der Waals surface area (Å²) in [5, 5.41) is 6.63. The van der Waals surface area contributed by atoms with Gasteiger partial charge in [0.25, 0.3) is 0 Å². The molecule has 2 heterocycles. The SMILES string of the molecule is CCS(=O)(=O)C(C)OC(C)c1nc(-c2cc3c(Nc4ccc(OCc5cccc(F)c5)c(Br)c4)ncnc3cc2OC)cs1. The molecule has 0 saturated carbocycles. The molecule has 44 heavy (non-hydrogen) atoms. The van der Waals surface area contributed by atoms with Gasteiger partial charge in [0.05, 0.1) is 22.8 Å². The number of rotatable bonds is 12. The van der Waals surface area contributed by atoms with Crippen LogP contribution in [-0.2, 0) is 21.2 Å². The molecule has 1 N–H and O–H groups in total. The summed E-state index contributed by atoms with van der Waals surface area (Å²) in [6, 6.07) is 15.6. The van der Waals surface area contributed by atoms with Crippen molar-refractivity contribution in [1.29, 1.82) is 0 Å². The van der Waals surface area contributed by atoms with E-state index >= 15 is 0 Å². The number of fused-ring (bicyclic) bond motifs is 1. The Morgan fingerprint density at radius 1 is 1.07 bits per heavy atom. The fraction of sp³-hybridized carbons (Fsp3) is 0.258. The predicted molar refractivity (Wildman–Crippen MR) is 174 cm³/mol. The van der Waals surface area contributed by atoms with Gasteiger partial charge in [-0.1, -0.05) is 19.1 Å². The normalized spacial score (nSPS) is 13.0. The molecule has 0 saturated heterocycles. The molecule has 0 spiro atoms. The van der Waals surface area contributed by atoms with Crippen LogP contribution in [0.3, 0.4) is 0 Å². The van der Waals surface area contributed by atoms with Gasteiger partial charge in [0.2, 0.25) is 0 Å². The molecule has 2 aromatic heterocycles. The number of nitrogens with one attached hydrogen (secondary N) is 1. The number of benzene rings is 3. The summed E-state index contributed by atoms with van der Waals surface area (Å²) in [6.45, 7) is 5.15. The van der Waals surface area contributed by atoms with Gasteiger partial charge in [-0.2, -0.15) is 0 Å². The lowest BCUT2D eigenvalue weighted by molar-refractivity contribution is 0.0503. The number of anilines is 2. The number of aromatic nitrogens is 3. The summed E-state index contributed by atoms with van der Waals surface area (Å²) < 4.78 is 56.0. The number of halogens is 2. The van der Waals surface area contributed by atoms with Crippen molar-refractivity contribution < 1.29 is 27.0 Å². The van der Waals surface area contributed by atoms with Crippen LogP contribution in [0, 0.1) is 5.82 Å². The smallest absolute Gasteiger partial charge is 0.176 e. The van der Waals surface area contributed by atoms with Crippen molar-refractivity contribution in [2.24, 2.45) is 0 Å². The highest BCUT2D eigenvalue weighted by Crippen LogP contribution is 2.38. The third-order valence-electron chi connectivity index (χ3n) is 6.88. The van der Waals surface area contributed by atoms with Gasteiger partial charge < -0.3 is 19.5 Å². The highest BCUT2D eigenvalue weighted by molar-refractivity contribution is 9.10. The summed E-state index contributed by atoms with van der Waals surface area (Å²) in [5.74, 6) is 1.46. The van der Waals surface area contributed by atoms with Gasteiger partial charge in [0.15, 0.2) is 15.3 Å². The molecule has 2 atom stereocenters. The van der Waals surface area contributed by atoms with Crippen molar-refractivity contribution in [3.8, 4) is 22.8 Å². The van der Waals surface area contributed by atoms with E-state index in [2.05, 4.69) is 31.2 Å². The molecule has 2 unspecified atom stereocenters. The Kier molecular flexibility index (Phi) is 9.78. The minimum Gasteiger partial charge on any atom is -0.496 e. The van der Waals surface area contributed by atoms with E-state index in [0.29, 0.717) is 38.0 Å². The van der Waals surface area contributed by atoms with Gasteiger partial charge in [0.1, 0.15) is 47.2 Å². The minimum atomic E-state index is -3.34. The molecule has 230 valence electrons. The van der Waals surface area contributed by atoms with Crippen LogP contribution in [0.2, 0.25) is 0 Å². The summed E-state index contributed by atoms with van der Waals surface area (Å²) in [6.07, 6.45) is 0.956. The first-order chi connectivity index (χ1) is 21.1. The van der Waals surface area contributed by atoms with Crippen LogP contribution in [0.15, 0.2) is 70.8 Å². The number of ether oxygens (including phenoxy) is 3. The standard InChI is InChI=1S/C31H30BrFN4O5S2/c1-5-44(38,39)19(3)42-18(2)31-37-27(16-43-31)23-13-24-26(14-29(23)40-4)34-17-35-30(24)36-22-9-10-28(25(32)12-22)41-15-20-7-6-8-21(33)11-20/h6-14,16-19H,5,15H2,1-4H3,(H,34,35,36). The summed E-state index contributed by atoms with van der Waals surface area (Å²) in [4.78, 5) is 13.7. The molecule has 0 amide bonds. The summed E-state index contributed by atoms with van der Waals surface area (Å²) in [7, 11) is -1.76. The molecule has 0 aliphatic heterocycles. The largest absolute Gasteiger partial charge is 0.496 e. The average Bonchev–Trinajstić information content (AvgIpc) is 3.51. The fourth-order valence-electron chi connectivity index (χ4n) is 4.44. The topological polar surface area (TPSA) is 113 Å². The van der Waals surface area contributed by atoms with Crippen LogP contribution in [0.5, 0.6) is 11.5 Å². The zero-order valence-corrected chi connectivity index (χ0v) is 27.6. The second-order valence-electron chi connectivity index (χ2n) is 9.85. The third-order valence-corrected chi connectivity index (χ3v) is 10.4. The average molecular weight is 702 g/mol. The first kappa shape index (κ1) is 31.8. The van der Waals surface area contributed by atoms with Crippen LogP contribution in [0.25, 0.3) is 22.2 Å². The van der Waals surface area contributed by atoms with E-state index in [9.17, 15) is 12.8 Å². The monoisotopic (exact) mass is 700 g/mol. The number of methoxy groups -OCH3 is 1. The second kappa shape index (κ2) is 13.6. The molecule has 0 aliphatic rings. The lowest BCUT2D eigenvalue weighted by Gasteiger charge is -2.17. The van der Waals surface area contributed by atoms with Gasteiger partial charge in [-0.3, -0.25) is 0 Å². The van der Waals surface area contributed by atoms with Crippen molar-refractivity contribution >= 4 is 59.5 Å². The predicted octanol–water partition coefficient (Wildman–Crippen LogP) is 7.84. The van der Waals surface area contributed by atoms with Gasteiger partial charge in [-0.05, 0) is 71.7 Å². The van der Waals surface area contributed by atoms with E-state index < -0.39 is 21.4 Å². The Bertz CT molecular complexity index is 1900. The summed E-state index contributed by atoms with van der Waals surface area (Å²) in [5.41, 5.74) is 2.59. The van der Waals surface area contributed by atoms with E-state index in [1.807, 2.05) is 35.7 Å². The van der Waals surface area contributed by atoms with Crippen molar-refractivity contribution in [2.75, 3.05) is 18.2 Å². The van der Waals surface area contributed by atoms with E-state index in [4.69, 9.17) is 19.2 Å². The van der Waals surface area contributed by atoms with Crippen LogP contribution in [0.1, 0.15) is 37.4 Å². The van der Waals surface area contributed by atoms with E-state index in [1.165, 1.54) is 36.7 Å². The van der Waals surface area contributed by atoms with Crippen molar-refractivity contribution in [1.82, 2.24) is 15.0 Å². The molecule has 3 aromatic carbocycles. The molecule has 0 radical (unpaired) electrons. The van der Waals surface area contributed by atoms with Crippen LogP contribution >= 0.6 is 27.3 Å². The third kappa shape index (κ3) is 7.17. The van der Waals surface area contributed by atoms with Crippen LogP contribution < -0.4 is 14.8 Å². The summed E-state index contributed by atoms with van der Waals surface area (Å²) >= 11 is 4.94. The molecular formula is C31H30BrFN4O5S2. The van der Waals surface area contributed by atoms with E-state index in [-0.39, 0.29) is 18.2 Å². The number of sulfone groups is 1. The lowest BCUT2D eigenvalue weighted by Crippen LogP contribution is -2.24.